The summed E-state index contributed by atoms with van der Waals surface area (Å²) in [5.74, 6) is 0. The van der Waals surface area contributed by atoms with Gasteiger partial charge in [-0.1, -0.05) is 40.2 Å². The molecule has 0 N–H and O–H groups in total. The van der Waals surface area contributed by atoms with Crippen LogP contribution >= 0.6 is 11.6 Å². The van der Waals surface area contributed by atoms with Crippen LogP contribution in [-0.2, 0) is 18.9 Å². The lowest BCUT2D eigenvalue weighted by Crippen LogP contribution is -2.13. The van der Waals surface area contributed by atoms with Crippen molar-refractivity contribution in [1.82, 2.24) is 20.2 Å². The molecule has 2 aromatic carbocycles. The Hall–Kier alpha value is -3.34. The minimum absolute atomic E-state index is 0.0795. The molecule has 0 aliphatic carbocycles. The first-order valence-corrected chi connectivity index (χ1v) is 9.71. The molecule has 0 aliphatic rings. The lowest BCUT2D eigenvalue weighted by Gasteiger charge is -2.14. The van der Waals surface area contributed by atoms with Crippen LogP contribution in [0.3, 0.4) is 0 Å². The summed E-state index contributed by atoms with van der Waals surface area (Å²) in [5.41, 5.74) is -0.985. The summed E-state index contributed by atoms with van der Waals surface area (Å²) in [6.07, 6.45) is -8.57. The molecule has 172 valence electrons. The van der Waals surface area contributed by atoms with Crippen LogP contribution in [0.4, 0.5) is 26.3 Å². The molecule has 33 heavy (non-hydrogen) atoms. The number of halogens is 7. The summed E-state index contributed by atoms with van der Waals surface area (Å²) in [4.78, 5) is 0. The number of hydrogen-bond donors (Lipinski definition) is 0. The van der Waals surface area contributed by atoms with Crippen LogP contribution in [0.25, 0.3) is 22.5 Å². The SMILES string of the molecule is Cc1c(-c2conc2-c2ccccc2Cl)nnn1Cc1cc(C(F)(F)F)cc(C(F)(F)F)c1. The highest BCUT2D eigenvalue weighted by Crippen LogP contribution is 2.37. The Labute approximate surface area is 187 Å². The van der Waals surface area contributed by atoms with Gasteiger partial charge in [-0.2, -0.15) is 26.3 Å². The normalized spacial score (nSPS) is 12.4. The number of benzene rings is 2. The minimum Gasteiger partial charge on any atom is -0.363 e. The maximum atomic E-state index is 13.2. The third kappa shape index (κ3) is 4.58. The number of aromatic nitrogens is 4. The zero-order valence-corrected chi connectivity index (χ0v) is 17.4. The standard InChI is InChI=1S/C21H13ClF6N4O/c1-11-18(16-10-33-30-19(16)15-4-2-3-5-17(15)22)29-31-32(11)9-12-6-13(20(23,24)25)8-14(7-12)21(26,27)28/h2-8,10H,9H2,1H3. The van der Waals surface area contributed by atoms with Crippen molar-refractivity contribution in [3.63, 3.8) is 0 Å². The van der Waals surface area contributed by atoms with Gasteiger partial charge in [0.25, 0.3) is 0 Å². The van der Waals surface area contributed by atoms with E-state index in [0.29, 0.717) is 45.4 Å². The zero-order chi connectivity index (χ0) is 24.0. The second-order valence-electron chi connectivity index (χ2n) is 7.15. The lowest BCUT2D eigenvalue weighted by atomic mass is 10.0. The summed E-state index contributed by atoms with van der Waals surface area (Å²) in [5, 5.41) is 12.3. The molecule has 0 aliphatic heterocycles. The van der Waals surface area contributed by atoms with Gasteiger partial charge in [-0.15, -0.1) is 5.10 Å². The molecule has 4 aromatic rings. The fourth-order valence-electron chi connectivity index (χ4n) is 3.30. The first kappa shape index (κ1) is 22.8. The predicted molar refractivity (Wildman–Crippen MR) is 106 cm³/mol. The van der Waals surface area contributed by atoms with E-state index in [2.05, 4.69) is 15.5 Å². The predicted octanol–water partition coefficient (Wildman–Crippen LogP) is 6.65. The first-order chi connectivity index (χ1) is 15.4. The Balaban J connectivity index is 1.73. The van der Waals surface area contributed by atoms with Crippen molar-refractivity contribution in [1.29, 1.82) is 0 Å². The summed E-state index contributed by atoms with van der Waals surface area (Å²) < 4.78 is 85.2. The molecule has 0 bridgehead atoms. The molecule has 0 saturated carbocycles. The third-order valence-corrected chi connectivity index (χ3v) is 5.25. The summed E-state index contributed by atoms with van der Waals surface area (Å²) in [7, 11) is 0. The van der Waals surface area contributed by atoms with Crippen LogP contribution in [0.1, 0.15) is 22.4 Å². The van der Waals surface area contributed by atoms with Crippen molar-refractivity contribution >= 4 is 11.6 Å². The fourth-order valence-corrected chi connectivity index (χ4v) is 3.52. The average Bonchev–Trinajstić information content (AvgIpc) is 3.34. The number of nitrogens with zero attached hydrogens (tertiary/aromatic N) is 4. The minimum atomic E-state index is -4.94. The molecule has 12 heteroatoms. The quantitative estimate of drug-likeness (QED) is 0.303. The summed E-state index contributed by atoms with van der Waals surface area (Å²) in [6, 6.07) is 8.24. The third-order valence-electron chi connectivity index (χ3n) is 4.92. The maximum absolute atomic E-state index is 13.2. The van der Waals surface area contributed by atoms with Crippen molar-refractivity contribution in [2.75, 3.05) is 0 Å². The Morgan fingerprint density at radius 2 is 1.55 bits per heavy atom. The molecule has 5 nitrogen and oxygen atoms in total. The molecule has 4 rings (SSSR count). The van der Waals surface area contributed by atoms with Crippen LogP contribution in [0.2, 0.25) is 5.02 Å². The smallest absolute Gasteiger partial charge is 0.363 e. The van der Waals surface area contributed by atoms with Gasteiger partial charge < -0.3 is 4.52 Å². The number of hydrogen-bond acceptors (Lipinski definition) is 4. The molecular formula is C21H13ClF6N4O. The second-order valence-corrected chi connectivity index (χ2v) is 7.56. The highest BCUT2D eigenvalue weighted by molar-refractivity contribution is 6.33. The van der Waals surface area contributed by atoms with Crippen LogP contribution in [0.5, 0.6) is 0 Å². The molecule has 0 spiro atoms. The van der Waals surface area contributed by atoms with E-state index in [0.717, 1.165) is 0 Å². The average molecular weight is 487 g/mol. The van der Waals surface area contributed by atoms with E-state index in [-0.39, 0.29) is 18.2 Å². The first-order valence-electron chi connectivity index (χ1n) is 9.33. The van der Waals surface area contributed by atoms with E-state index in [9.17, 15) is 26.3 Å². The van der Waals surface area contributed by atoms with Gasteiger partial charge in [0.2, 0.25) is 0 Å². The topological polar surface area (TPSA) is 56.7 Å². The molecule has 0 saturated heterocycles. The molecule has 0 amide bonds. The van der Waals surface area contributed by atoms with E-state index in [4.69, 9.17) is 16.1 Å². The Kier molecular flexibility index (Phi) is 5.69. The van der Waals surface area contributed by atoms with E-state index < -0.39 is 23.5 Å². The van der Waals surface area contributed by atoms with Gasteiger partial charge in [-0.25, -0.2) is 4.68 Å². The van der Waals surface area contributed by atoms with Gasteiger partial charge in [0.1, 0.15) is 17.7 Å². The number of rotatable bonds is 4. The Morgan fingerprint density at radius 1 is 0.909 bits per heavy atom. The lowest BCUT2D eigenvalue weighted by molar-refractivity contribution is -0.143. The van der Waals surface area contributed by atoms with E-state index >= 15 is 0 Å². The van der Waals surface area contributed by atoms with E-state index in [1.807, 2.05) is 0 Å². The second kappa shape index (κ2) is 8.22. The van der Waals surface area contributed by atoms with E-state index in [1.165, 1.54) is 10.9 Å². The maximum Gasteiger partial charge on any atom is 0.416 e. The molecule has 2 heterocycles. The Bertz CT molecular complexity index is 1280. The van der Waals surface area contributed by atoms with Gasteiger partial charge in [0.15, 0.2) is 0 Å². The summed E-state index contributed by atoms with van der Waals surface area (Å²) >= 11 is 6.22. The van der Waals surface area contributed by atoms with Crippen LogP contribution in [0.15, 0.2) is 53.3 Å². The van der Waals surface area contributed by atoms with Gasteiger partial charge in [0.05, 0.1) is 34.0 Å². The molecule has 2 aromatic heterocycles. The van der Waals surface area contributed by atoms with Crippen molar-refractivity contribution in [3.8, 4) is 22.5 Å². The van der Waals surface area contributed by atoms with Crippen LogP contribution < -0.4 is 0 Å². The van der Waals surface area contributed by atoms with Crippen molar-refractivity contribution < 1.29 is 30.9 Å². The molecular weight excluding hydrogens is 474 g/mol. The van der Waals surface area contributed by atoms with Crippen molar-refractivity contribution in [2.45, 2.75) is 25.8 Å². The van der Waals surface area contributed by atoms with Crippen LogP contribution in [-0.4, -0.2) is 20.2 Å². The highest BCUT2D eigenvalue weighted by atomic mass is 35.5. The zero-order valence-electron chi connectivity index (χ0n) is 16.7. The van der Waals surface area contributed by atoms with Gasteiger partial charge in [0, 0.05) is 5.56 Å². The van der Waals surface area contributed by atoms with Crippen molar-refractivity contribution in [3.05, 3.63) is 76.1 Å². The largest absolute Gasteiger partial charge is 0.416 e. The van der Waals surface area contributed by atoms with Crippen LogP contribution in [0, 0.1) is 6.92 Å². The molecule has 0 unspecified atom stereocenters. The molecule has 0 atom stereocenters. The Morgan fingerprint density at radius 3 is 2.15 bits per heavy atom. The number of alkyl halides is 6. The van der Waals surface area contributed by atoms with Crippen molar-refractivity contribution in [2.24, 2.45) is 0 Å². The van der Waals surface area contributed by atoms with E-state index in [1.54, 1.807) is 31.2 Å². The molecule has 0 radical (unpaired) electrons. The highest BCUT2D eigenvalue weighted by Gasteiger charge is 2.37. The fraction of sp³-hybridized carbons (Fsp3) is 0.190. The summed E-state index contributed by atoms with van der Waals surface area (Å²) in [6.45, 7) is 1.22. The monoisotopic (exact) mass is 486 g/mol. The van der Waals surface area contributed by atoms with Gasteiger partial charge in [-0.3, -0.25) is 0 Å². The molecule has 0 fully saturated rings. The van der Waals surface area contributed by atoms with Gasteiger partial charge >= 0.3 is 12.4 Å². The van der Waals surface area contributed by atoms with Gasteiger partial charge in [-0.05, 0) is 36.8 Å².